The van der Waals surface area contributed by atoms with Crippen molar-refractivity contribution in [2.75, 3.05) is 49.6 Å². The van der Waals surface area contributed by atoms with E-state index in [0.717, 1.165) is 18.0 Å². The number of carbonyl (C=O) groups is 1. The van der Waals surface area contributed by atoms with Gasteiger partial charge in [0.15, 0.2) is 0 Å². The van der Waals surface area contributed by atoms with Gasteiger partial charge in [0.2, 0.25) is 5.95 Å². The molecule has 3 heterocycles. The lowest BCUT2D eigenvalue weighted by Gasteiger charge is -2.28. The minimum absolute atomic E-state index is 0.0448. The Morgan fingerprint density at radius 1 is 1.18 bits per heavy atom. The second kappa shape index (κ2) is 9.79. The molecule has 0 unspecified atom stereocenters. The second-order valence-corrected chi connectivity index (χ2v) is 7.82. The smallest absolute Gasteiger partial charge is 0.416 e. The number of amides is 1. The Labute approximate surface area is 188 Å². The first-order chi connectivity index (χ1) is 15.8. The van der Waals surface area contributed by atoms with E-state index < -0.39 is 30.0 Å². The summed E-state index contributed by atoms with van der Waals surface area (Å²) in [6.07, 6.45) is -4.39. The van der Waals surface area contributed by atoms with Crippen LogP contribution in [0.15, 0.2) is 36.5 Å². The molecule has 4 rings (SSSR count). The Kier molecular flexibility index (Phi) is 6.84. The van der Waals surface area contributed by atoms with E-state index in [9.17, 15) is 23.1 Å². The van der Waals surface area contributed by atoms with Crippen LogP contribution >= 0.6 is 0 Å². The van der Waals surface area contributed by atoms with Gasteiger partial charge < -0.3 is 29.7 Å². The average molecular weight is 467 g/mol. The molecule has 0 bridgehead atoms. The minimum Gasteiger partial charge on any atom is -0.465 e. The number of nitrogens with zero attached hydrogens (tertiary/aromatic N) is 4. The van der Waals surface area contributed by atoms with Gasteiger partial charge in [-0.2, -0.15) is 18.2 Å². The van der Waals surface area contributed by atoms with Crippen molar-refractivity contribution in [2.24, 2.45) is 0 Å². The van der Waals surface area contributed by atoms with Crippen LogP contribution in [0, 0.1) is 0 Å². The zero-order chi connectivity index (χ0) is 23.4. The number of halogens is 3. The van der Waals surface area contributed by atoms with Gasteiger partial charge in [0, 0.05) is 25.8 Å². The molecule has 178 valence electrons. The third-order valence-electron chi connectivity index (χ3n) is 5.57. The molecule has 2 atom stereocenters. The number of alkyl halides is 3. The lowest BCUT2D eigenvalue weighted by atomic mass is 10.1. The molecular weight excluding hydrogens is 443 g/mol. The quantitative estimate of drug-likeness (QED) is 0.669. The maximum atomic E-state index is 12.8. The summed E-state index contributed by atoms with van der Waals surface area (Å²) >= 11 is 0. The summed E-state index contributed by atoms with van der Waals surface area (Å²) in [5.74, 6) is 1.09. The van der Waals surface area contributed by atoms with Crippen molar-refractivity contribution in [1.82, 2.24) is 14.9 Å². The van der Waals surface area contributed by atoms with Gasteiger partial charge in [0.05, 0.1) is 44.1 Å². The largest absolute Gasteiger partial charge is 0.465 e. The Bertz CT molecular complexity index is 954. The van der Waals surface area contributed by atoms with E-state index in [-0.39, 0.29) is 19.7 Å². The highest BCUT2D eigenvalue weighted by atomic mass is 19.4. The van der Waals surface area contributed by atoms with Crippen molar-refractivity contribution in [2.45, 2.75) is 24.9 Å². The molecule has 2 aliphatic rings. The summed E-state index contributed by atoms with van der Waals surface area (Å²) in [5, 5.41) is 12.6. The number of likely N-dealkylation sites (tertiary alicyclic amines) is 1. The second-order valence-electron chi connectivity index (χ2n) is 7.82. The Hall–Kier alpha value is -3.12. The molecule has 2 aliphatic heterocycles. The van der Waals surface area contributed by atoms with Gasteiger partial charge in [-0.15, -0.1) is 0 Å². The van der Waals surface area contributed by atoms with Gasteiger partial charge in [-0.1, -0.05) is 12.1 Å². The van der Waals surface area contributed by atoms with Gasteiger partial charge in [0.1, 0.15) is 5.82 Å². The van der Waals surface area contributed by atoms with Gasteiger partial charge in [-0.3, -0.25) is 0 Å². The molecule has 2 fully saturated rings. The summed E-state index contributed by atoms with van der Waals surface area (Å²) < 4.78 is 49.5. The molecule has 33 heavy (non-hydrogen) atoms. The fourth-order valence-corrected chi connectivity index (χ4v) is 3.78. The van der Waals surface area contributed by atoms with Crippen molar-refractivity contribution < 1.29 is 32.5 Å². The summed E-state index contributed by atoms with van der Waals surface area (Å²) in [6, 6.07) is 6.08. The molecule has 0 aliphatic carbocycles. The topological polar surface area (TPSA) is 100 Å². The van der Waals surface area contributed by atoms with Crippen LogP contribution in [0.2, 0.25) is 0 Å². The van der Waals surface area contributed by atoms with Gasteiger partial charge in [-0.25, -0.2) is 9.78 Å². The molecule has 1 amide bonds. The van der Waals surface area contributed by atoms with Crippen LogP contribution in [0.1, 0.15) is 11.1 Å². The number of anilines is 2. The van der Waals surface area contributed by atoms with Crippen molar-refractivity contribution in [3.8, 4) is 0 Å². The fraction of sp³-hybridized carbons (Fsp3) is 0.476. The normalized spacial score (nSPS) is 21.3. The van der Waals surface area contributed by atoms with E-state index in [1.54, 1.807) is 12.3 Å². The molecular formula is C21H24F3N5O4. The number of hydrogen-bond acceptors (Lipinski definition) is 7. The number of carboxylic acid groups (broad SMARTS) is 1. The number of benzene rings is 1. The number of rotatable bonds is 6. The molecule has 1 aromatic heterocycles. The van der Waals surface area contributed by atoms with E-state index in [2.05, 4.69) is 20.2 Å². The minimum atomic E-state index is -4.41. The Morgan fingerprint density at radius 2 is 1.91 bits per heavy atom. The van der Waals surface area contributed by atoms with Crippen molar-refractivity contribution in [3.63, 3.8) is 0 Å². The number of ether oxygens (including phenoxy) is 2. The monoisotopic (exact) mass is 467 g/mol. The number of aromatic nitrogens is 2. The number of morpholine rings is 1. The van der Waals surface area contributed by atoms with Crippen LogP contribution in [0.5, 0.6) is 0 Å². The maximum absolute atomic E-state index is 12.8. The van der Waals surface area contributed by atoms with Crippen LogP contribution in [-0.2, 0) is 22.3 Å². The van der Waals surface area contributed by atoms with E-state index >= 15 is 0 Å². The van der Waals surface area contributed by atoms with Crippen LogP contribution in [0.3, 0.4) is 0 Å². The maximum Gasteiger partial charge on any atom is 0.416 e. The first-order valence-electron chi connectivity index (χ1n) is 10.5. The van der Waals surface area contributed by atoms with Crippen LogP contribution in [-0.4, -0.2) is 77.6 Å². The fourth-order valence-electron chi connectivity index (χ4n) is 3.78. The SMILES string of the molecule is O=C(O)N1C[C@@H](Nc2nccc(N3CCOCC3)n2)[C@H](OCc2ccc(C(F)(F)F)cc2)C1. The van der Waals surface area contributed by atoms with E-state index in [4.69, 9.17) is 9.47 Å². The predicted molar refractivity (Wildman–Crippen MR) is 112 cm³/mol. The van der Waals surface area contributed by atoms with E-state index in [1.807, 2.05) is 0 Å². The van der Waals surface area contributed by atoms with Crippen LogP contribution < -0.4 is 10.2 Å². The highest BCUT2D eigenvalue weighted by molar-refractivity contribution is 5.65. The zero-order valence-corrected chi connectivity index (χ0v) is 17.7. The molecule has 12 heteroatoms. The van der Waals surface area contributed by atoms with Gasteiger partial charge in [0.25, 0.3) is 0 Å². The highest BCUT2D eigenvalue weighted by Gasteiger charge is 2.37. The third kappa shape index (κ3) is 5.82. The van der Waals surface area contributed by atoms with Crippen molar-refractivity contribution in [1.29, 1.82) is 0 Å². The standard InChI is InChI=1S/C21H24F3N5O4/c22-21(23,24)15-3-1-14(2-4-15)13-33-17-12-29(20(30)31)11-16(17)26-19-25-6-5-18(27-19)28-7-9-32-10-8-28/h1-6,16-17H,7-13H2,(H,30,31)(H,25,26,27)/t16-,17-/m1/s1. The predicted octanol–water partition coefficient (Wildman–Crippen LogP) is 2.69. The molecule has 2 aromatic rings. The van der Waals surface area contributed by atoms with Crippen molar-refractivity contribution in [3.05, 3.63) is 47.7 Å². The van der Waals surface area contributed by atoms with Crippen LogP contribution in [0.4, 0.5) is 29.7 Å². The Balaban J connectivity index is 1.42. The third-order valence-corrected chi connectivity index (χ3v) is 5.57. The molecule has 1 aromatic carbocycles. The summed E-state index contributed by atoms with van der Waals surface area (Å²) in [5.41, 5.74) is -0.179. The lowest BCUT2D eigenvalue weighted by molar-refractivity contribution is -0.137. The average Bonchev–Trinajstić information content (AvgIpc) is 3.21. The first-order valence-corrected chi connectivity index (χ1v) is 10.5. The Morgan fingerprint density at radius 3 is 2.58 bits per heavy atom. The van der Waals surface area contributed by atoms with Crippen molar-refractivity contribution >= 4 is 17.9 Å². The zero-order valence-electron chi connectivity index (χ0n) is 17.7. The first kappa shape index (κ1) is 23.1. The summed E-state index contributed by atoms with van der Waals surface area (Å²) in [6.45, 7) is 2.99. The number of nitrogens with one attached hydrogen (secondary N) is 1. The molecule has 2 saturated heterocycles. The number of hydrogen-bond donors (Lipinski definition) is 2. The van der Waals surface area contributed by atoms with E-state index in [0.29, 0.717) is 37.8 Å². The summed E-state index contributed by atoms with van der Waals surface area (Å²) in [4.78, 5) is 23.6. The van der Waals surface area contributed by atoms with Gasteiger partial charge >= 0.3 is 12.3 Å². The molecule has 0 saturated carbocycles. The molecule has 9 nitrogen and oxygen atoms in total. The molecule has 0 spiro atoms. The summed E-state index contributed by atoms with van der Waals surface area (Å²) in [7, 11) is 0. The molecule has 2 N–H and O–H groups in total. The lowest BCUT2D eigenvalue weighted by Crippen LogP contribution is -2.37. The molecule has 0 radical (unpaired) electrons. The van der Waals surface area contributed by atoms with Crippen LogP contribution in [0.25, 0.3) is 0 Å². The van der Waals surface area contributed by atoms with Gasteiger partial charge in [-0.05, 0) is 23.8 Å². The van der Waals surface area contributed by atoms with E-state index in [1.165, 1.54) is 17.0 Å². The highest BCUT2D eigenvalue weighted by Crippen LogP contribution is 2.29.